The Morgan fingerprint density at radius 1 is 1.10 bits per heavy atom. The van der Waals surface area contributed by atoms with Crippen molar-refractivity contribution in [2.24, 2.45) is 5.11 Å². The van der Waals surface area contributed by atoms with Crippen LogP contribution in [0.2, 0.25) is 0 Å². The van der Waals surface area contributed by atoms with E-state index in [1.165, 1.54) is 0 Å². The Bertz CT molecular complexity index is 644. The quantitative estimate of drug-likeness (QED) is 0.422. The number of carbonyl (C=O) groups excluding carboxylic acids is 1. The van der Waals surface area contributed by atoms with Crippen LogP contribution in [0.1, 0.15) is 29.8 Å². The average molecular weight is 267 g/mol. The maximum atomic E-state index is 11.5. The second-order valence-corrected chi connectivity index (χ2v) is 3.89. The Hall–Kier alpha value is -2.58. The Labute approximate surface area is 118 Å². The molecule has 0 aromatic heterocycles. The maximum absolute atomic E-state index is 11.5. The van der Waals surface area contributed by atoms with Gasteiger partial charge in [0.1, 0.15) is 0 Å². The van der Waals surface area contributed by atoms with Crippen LogP contribution < -0.4 is 0 Å². The molecule has 0 saturated carbocycles. The second-order valence-electron chi connectivity index (χ2n) is 3.89. The lowest BCUT2D eigenvalue weighted by atomic mass is 9.99. The Kier molecular flexibility index (Phi) is 6.01. The third kappa shape index (κ3) is 3.70. The minimum atomic E-state index is -0.562. The van der Waals surface area contributed by atoms with Crippen molar-refractivity contribution in [2.75, 3.05) is 0 Å². The molecule has 0 fully saturated rings. The first-order chi connectivity index (χ1) is 9.72. The molecule has 102 valence electrons. The molecule has 4 heteroatoms. The van der Waals surface area contributed by atoms with Crippen LogP contribution >= 0.6 is 0 Å². The first-order valence-electron chi connectivity index (χ1n) is 6.48. The van der Waals surface area contributed by atoms with Gasteiger partial charge in [-0.3, -0.25) is 4.79 Å². The van der Waals surface area contributed by atoms with Crippen molar-refractivity contribution in [2.45, 2.75) is 20.8 Å². The number of rotatable bonds is 2. The van der Waals surface area contributed by atoms with E-state index < -0.39 is 5.91 Å². The van der Waals surface area contributed by atoms with Gasteiger partial charge in [0.05, 0.1) is 0 Å². The maximum Gasteiger partial charge on any atom is 0.249 e. The van der Waals surface area contributed by atoms with E-state index in [1.807, 2.05) is 51.1 Å². The summed E-state index contributed by atoms with van der Waals surface area (Å²) in [5.74, 6) is -0.562. The summed E-state index contributed by atoms with van der Waals surface area (Å²) in [7, 11) is 0. The predicted octanol–water partition coefficient (Wildman–Crippen LogP) is 5.14. The van der Waals surface area contributed by atoms with E-state index in [9.17, 15) is 4.79 Å². The van der Waals surface area contributed by atoms with Crippen LogP contribution in [0.5, 0.6) is 0 Å². The number of hydrogen-bond acceptors (Lipinski definition) is 1. The highest BCUT2D eigenvalue weighted by molar-refractivity contribution is 5.96. The zero-order valence-corrected chi connectivity index (χ0v) is 11.9. The van der Waals surface area contributed by atoms with Gasteiger partial charge in [-0.05, 0) is 40.3 Å². The topological polar surface area (TPSA) is 65.8 Å². The van der Waals surface area contributed by atoms with Crippen molar-refractivity contribution in [3.05, 3.63) is 70.1 Å². The molecular formula is C16H17N3O. The van der Waals surface area contributed by atoms with E-state index in [-0.39, 0.29) is 0 Å². The van der Waals surface area contributed by atoms with E-state index in [4.69, 9.17) is 5.53 Å². The number of benzene rings is 2. The highest BCUT2D eigenvalue weighted by Crippen LogP contribution is 2.24. The first-order valence-corrected chi connectivity index (χ1v) is 6.48. The molecule has 2 aromatic rings. The van der Waals surface area contributed by atoms with Crippen LogP contribution in [-0.4, -0.2) is 5.91 Å². The third-order valence-corrected chi connectivity index (χ3v) is 2.70. The minimum Gasteiger partial charge on any atom is -0.287 e. The van der Waals surface area contributed by atoms with E-state index >= 15 is 0 Å². The standard InChI is InChI=1S/C14H11N3O.C2H6/c1-10-5-2-3-8-13(10)11-6-4-7-12(9-11)14(18)16-17-15;1-2/h2-9H,1H3;1-2H3. The minimum absolute atomic E-state index is 0.397. The lowest BCUT2D eigenvalue weighted by molar-refractivity contribution is 0.100. The summed E-state index contributed by atoms with van der Waals surface area (Å²) >= 11 is 0. The molecule has 0 unspecified atom stereocenters. The number of nitrogens with zero attached hydrogens (tertiary/aromatic N) is 3. The summed E-state index contributed by atoms with van der Waals surface area (Å²) in [5.41, 5.74) is 11.8. The molecule has 1 amide bonds. The largest absolute Gasteiger partial charge is 0.287 e. The highest BCUT2D eigenvalue weighted by atomic mass is 16.1. The van der Waals surface area contributed by atoms with Gasteiger partial charge in [-0.2, -0.15) is 0 Å². The Morgan fingerprint density at radius 3 is 2.45 bits per heavy atom. The molecule has 0 bridgehead atoms. The molecular weight excluding hydrogens is 250 g/mol. The van der Waals surface area contributed by atoms with Crippen LogP contribution in [0.4, 0.5) is 0 Å². The van der Waals surface area contributed by atoms with E-state index in [0.717, 1.165) is 16.7 Å². The zero-order chi connectivity index (χ0) is 15.0. The summed E-state index contributed by atoms with van der Waals surface area (Å²) in [6.07, 6.45) is 0. The van der Waals surface area contributed by atoms with Gasteiger partial charge in [0.25, 0.3) is 0 Å². The number of amides is 1. The lowest BCUT2D eigenvalue weighted by Crippen LogP contribution is -1.93. The molecule has 0 atom stereocenters. The van der Waals surface area contributed by atoms with Crippen molar-refractivity contribution in [3.63, 3.8) is 0 Å². The monoisotopic (exact) mass is 267 g/mol. The number of carbonyl (C=O) groups is 1. The van der Waals surface area contributed by atoms with Crippen LogP contribution in [-0.2, 0) is 0 Å². The molecule has 2 aromatic carbocycles. The van der Waals surface area contributed by atoms with Gasteiger partial charge in [-0.1, -0.05) is 56.3 Å². The van der Waals surface area contributed by atoms with E-state index in [2.05, 4.69) is 10.0 Å². The smallest absolute Gasteiger partial charge is 0.249 e. The number of aryl methyl sites for hydroxylation is 1. The normalized spacial score (nSPS) is 8.95. The van der Waals surface area contributed by atoms with Gasteiger partial charge in [0.15, 0.2) is 0 Å². The van der Waals surface area contributed by atoms with Gasteiger partial charge in [-0.15, -0.1) is 0 Å². The molecule has 0 radical (unpaired) electrons. The summed E-state index contributed by atoms with van der Waals surface area (Å²) < 4.78 is 0. The van der Waals surface area contributed by atoms with Gasteiger partial charge in [0, 0.05) is 10.5 Å². The molecule has 0 spiro atoms. The van der Waals surface area contributed by atoms with Crippen molar-refractivity contribution < 1.29 is 4.79 Å². The molecule has 20 heavy (non-hydrogen) atoms. The fraction of sp³-hybridized carbons (Fsp3) is 0.188. The molecule has 0 aliphatic carbocycles. The number of azide groups is 1. The highest BCUT2D eigenvalue weighted by Gasteiger charge is 2.06. The van der Waals surface area contributed by atoms with E-state index in [1.54, 1.807) is 18.2 Å². The average Bonchev–Trinajstić information content (AvgIpc) is 2.50. The molecule has 0 aliphatic heterocycles. The number of hydrogen-bond donors (Lipinski definition) is 0. The van der Waals surface area contributed by atoms with E-state index in [0.29, 0.717) is 5.56 Å². The fourth-order valence-corrected chi connectivity index (χ4v) is 1.81. The molecule has 4 nitrogen and oxygen atoms in total. The van der Waals surface area contributed by atoms with Gasteiger partial charge >= 0.3 is 0 Å². The molecule has 0 heterocycles. The van der Waals surface area contributed by atoms with Crippen molar-refractivity contribution in [1.82, 2.24) is 0 Å². The fourth-order valence-electron chi connectivity index (χ4n) is 1.81. The summed E-state index contributed by atoms with van der Waals surface area (Å²) in [6, 6.07) is 15.0. The first kappa shape index (κ1) is 15.5. The summed E-state index contributed by atoms with van der Waals surface area (Å²) in [6.45, 7) is 6.01. The second kappa shape index (κ2) is 7.77. The van der Waals surface area contributed by atoms with Crippen molar-refractivity contribution >= 4 is 5.91 Å². The Morgan fingerprint density at radius 2 is 1.80 bits per heavy atom. The van der Waals surface area contributed by atoms with Gasteiger partial charge < -0.3 is 0 Å². The van der Waals surface area contributed by atoms with Gasteiger partial charge in [0.2, 0.25) is 5.91 Å². The van der Waals surface area contributed by atoms with Crippen LogP contribution in [0, 0.1) is 6.92 Å². The van der Waals surface area contributed by atoms with Crippen LogP contribution in [0.15, 0.2) is 53.6 Å². The summed E-state index contributed by atoms with van der Waals surface area (Å²) in [4.78, 5) is 14.0. The summed E-state index contributed by atoms with van der Waals surface area (Å²) in [5, 5.41) is 3.09. The molecule has 0 aliphatic rings. The van der Waals surface area contributed by atoms with Crippen LogP contribution in [0.3, 0.4) is 0 Å². The predicted molar refractivity (Wildman–Crippen MR) is 81.4 cm³/mol. The molecule has 0 N–H and O–H groups in total. The molecule has 0 saturated heterocycles. The SMILES string of the molecule is CC.Cc1ccccc1-c1cccc(C(=O)N=[N+]=[N-])c1. The van der Waals surface area contributed by atoms with Crippen molar-refractivity contribution in [3.8, 4) is 11.1 Å². The Balaban J connectivity index is 0.000000956. The lowest BCUT2D eigenvalue weighted by Gasteiger charge is -2.06. The third-order valence-electron chi connectivity index (χ3n) is 2.70. The van der Waals surface area contributed by atoms with Gasteiger partial charge in [-0.25, -0.2) is 0 Å². The van der Waals surface area contributed by atoms with Crippen LogP contribution in [0.25, 0.3) is 21.6 Å². The molecule has 2 rings (SSSR count). The zero-order valence-electron chi connectivity index (χ0n) is 11.9. The van der Waals surface area contributed by atoms with Crippen molar-refractivity contribution in [1.29, 1.82) is 0 Å².